The highest BCUT2D eigenvalue weighted by molar-refractivity contribution is 5.43. The zero-order chi connectivity index (χ0) is 15.8. The molecule has 0 spiro atoms. The molecule has 0 aliphatic carbocycles. The monoisotopic (exact) mass is 297 g/mol. The average Bonchev–Trinajstić information content (AvgIpc) is 2.56. The fraction of sp³-hybridized carbons (Fsp3) is 0.278. The molecule has 1 unspecified atom stereocenters. The van der Waals surface area contributed by atoms with Crippen molar-refractivity contribution in [2.24, 2.45) is 0 Å². The molecule has 0 bridgehead atoms. The van der Waals surface area contributed by atoms with Gasteiger partial charge in [-0.25, -0.2) is 0 Å². The Morgan fingerprint density at radius 2 is 1.91 bits per heavy atom. The lowest BCUT2D eigenvalue weighted by Gasteiger charge is -2.14. The Labute approximate surface area is 130 Å². The summed E-state index contributed by atoms with van der Waals surface area (Å²) < 4.78 is 11.1. The number of hydrogen-bond donors (Lipinski definition) is 1. The van der Waals surface area contributed by atoms with Gasteiger partial charge in [0.1, 0.15) is 0 Å². The fourth-order valence-electron chi connectivity index (χ4n) is 2.14. The highest BCUT2D eigenvalue weighted by Gasteiger charge is 2.12. The molecule has 0 heterocycles. The maximum absolute atomic E-state index is 9.89. The van der Waals surface area contributed by atoms with Gasteiger partial charge in [-0.1, -0.05) is 36.4 Å². The minimum Gasteiger partial charge on any atom is -0.493 e. The van der Waals surface area contributed by atoms with Gasteiger partial charge >= 0.3 is 0 Å². The van der Waals surface area contributed by atoms with E-state index < -0.39 is 6.10 Å². The van der Waals surface area contributed by atoms with Crippen molar-refractivity contribution in [3.63, 3.8) is 0 Å². The second kappa shape index (κ2) is 8.06. The third kappa shape index (κ3) is 4.24. The molecule has 114 valence electrons. The molecule has 0 aliphatic heterocycles. The summed E-state index contributed by atoms with van der Waals surface area (Å²) in [4.78, 5) is 0. The summed E-state index contributed by atoms with van der Waals surface area (Å²) in [5, 5.41) is 18.6. The summed E-state index contributed by atoms with van der Waals surface area (Å²) in [6.45, 7) is 0.512. The van der Waals surface area contributed by atoms with Crippen LogP contribution in [0.3, 0.4) is 0 Å². The molecule has 0 fully saturated rings. The van der Waals surface area contributed by atoms with Crippen molar-refractivity contribution < 1.29 is 14.6 Å². The lowest BCUT2D eigenvalue weighted by Crippen LogP contribution is -2.04. The summed E-state index contributed by atoms with van der Waals surface area (Å²) in [6, 6.07) is 17.2. The molecule has 0 aromatic heterocycles. The number of aliphatic hydroxyl groups excluding tert-OH is 1. The minimum atomic E-state index is -0.813. The molecule has 0 saturated carbocycles. The van der Waals surface area contributed by atoms with Crippen LogP contribution in [-0.4, -0.2) is 18.8 Å². The smallest absolute Gasteiger partial charge is 0.161 e. The van der Waals surface area contributed by atoms with Crippen LogP contribution >= 0.6 is 0 Å². The van der Waals surface area contributed by atoms with Crippen LogP contribution in [0.25, 0.3) is 0 Å². The molecule has 2 aromatic carbocycles. The van der Waals surface area contributed by atoms with Crippen molar-refractivity contribution in [2.45, 2.75) is 18.9 Å². The SMILES string of the molecule is COc1ccc(C(O)CC#N)cc1OCCc1ccccc1. The summed E-state index contributed by atoms with van der Waals surface area (Å²) in [5.74, 6) is 1.19. The largest absolute Gasteiger partial charge is 0.493 e. The van der Waals surface area contributed by atoms with Crippen LogP contribution in [0.4, 0.5) is 0 Å². The van der Waals surface area contributed by atoms with E-state index in [1.54, 1.807) is 25.3 Å². The van der Waals surface area contributed by atoms with Crippen LogP contribution < -0.4 is 9.47 Å². The number of hydrogen-bond acceptors (Lipinski definition) is 4. The number of benzene rings is 2. The van der Waals surface area contributed by atoms with Crippen LogP contribution in [0.2, 0.25) is 0 Å². The van der Waals surface area contributed by atoms with Crippen LogP contribution in [0.15, 0.2) is 48.5 Å². The Balaban J connectivity index is 2.04. The molecule has 0 aliphatic rings. The van der Waals surface area contributed by atoms with Gasteiger partial charge in [0.15, 0.2) is 11.5 Å². The van der Waals surface area contributed by atoms with Gasteiger partial charge < -0.3 is 14.6 Å². The zero-order valence-electron chi connectivity index (χ0n) is 12.5. The quantitative estimate of drug-likeness (QED) is 0.852. The molecule has 4 heteroatoms. The van der Waals surface area contributed by atoms with Crippen molar-refractivity contribution in [3.05, 3.63) is 59.7 Å². The average molecular weight is 297 g/mol. The molecule has 0 amide bonds. The number of aliphatic hydroxyl groups is 1. The van der Waals surface area contributed by atoms with Gasteiger partial charge in [-0.15, -0.1) is 0 Å². The minimum absolute atomic E-state index is 0.0514. The van der Waals surface area contributed by atoms with Crippen LogP contribution in [0.5, 0.6) is 11.5 Å². The van der Waals surface area contributed by atoms with E-state index in [0.29, 0.717) is 23.7 Å². The molecule has 2 rings (SSSR count). The normalized spacial score (nSPS) is 11.5. The summed E-state index contributed by atoms with van der Waals surface area (Å²) in [6.07, 6.45) is 0.0254. The Morgan fingerprint density at radius 1 is 1.14 bits per heavy atom. The van der Waals surface area contributed by atoms with E-state index >= 15 is 0 Å². The second-order valence-corrected chi connectivity index (χ2v) is 4.87. The summed E-state index contributed by atoms with van der Waals surface area (Å²) in [7, 11) is 1.57. The van der Waals surface area contributed by atoms with Gasteiger partial charge in [0.05, 0.1) is 32.3 Å². The highest BCUT2D eigenvalue weighted by atomic mass is 16.5. The predicted octanol–water partition coefficient (Wildman–Crippen LogP) is 3.26. The second-order valence-electron chi connectivity index (χ2n) is 4.87. The topological polar surface area (TPSA) is 62.5 Å². The zero-order valence-corrected chi connectivity index (χ0v) is 12.5. The van der Waals surface area contributed by atoms with E-state index in [0.717, 1.165) is 6.42 Å². The number of rotatable bonds is 7. The Bertz CT molecular complexity index is 635. The summed E-state index contributed by atoms with van der Waals surface area (Å²) in [5.41, 5.74) is 1.85. The van der Waals surface area contributed by atoms with E-state index in [4.69, 9.17) is 14.7 Å². The number of nitriles is 1. The first-order valence-corrected chi connectivity index (χ1v) is 7.14. The van der Waals surface area contributed by atoms with Crippen LogP contribution in [0, 0.1) is 11.3 Å². The summed E-state index contributed by atoms with van der Waals surface area (Å²) >= 11 is 0. The van der Waals surface area contributed by atoms with Crippen molar-refractivity contribution >= 4 is 0 Å². The van der Waals surface area contributed by atoms with Crippen LogP contribution in [0.1, 0.15) is 23.7 Å². The lowest BCUT2D eigenvalue weighted by atomic mass is 10.1. The fourth-order valence-corrected chi connectivity index (χ4v) is 2.14. The third-order valence-electron chi connectivity index (χ3n) is 3.35. The Morgan fingerprint density at radius 3 is 2.59 bits per heavy atom. The molecule has 0 radical (unpaired) electrons. The van der Waals surface area contributed by atoms with E-state index in [9.17, 15) is 5.11 Å². The van der Waals surface area contributed by atoms with Crippen LogP contribution in [-0.2, 0) is 6.42 Å². The van der Waals surface area contributed by atoms with Crippen molar-refractivity contribution in [1.29, 1.82) is 5.26 Å². The van der Waals surface area contributed by atoms with Gasteiger partial charge in [-0.05, 0) is 23.3 Å². The number of nitrogens with zero attached hydrogens (tertiary/aromatic N) is 1. The van der Waals surface area contributed by atoms with E-state index in [1.165, 1.54) is 5.56 Å². The van der Waals surface area contributed by atoms with E-state index in [1.807, 2.05) is 36.4 Å². The molecule has 4 nitrogen and oxygen atoms in total. The van der Waals surface area contributed by atoms with Gasteiger partial charge in [0.2, 0.25) is 0 Å². The van der Waals surface area contributed by atoms with Gasteiger partial charge in [0.25, 0.3) is 0 Å². The van der Waals surface area contributed by atoms with E-state index in [-0.39, 0.29) is 6.42 Å². The Kier molecular flexibility index (Phi) is 5.81. The standard InChI is InChI=1S/C18H19NO3/c1-21-17-8-7-15(16(20)9-11-19)13-18(17)22-12-10-14-5-3-2-4-6-14/h2-8,13,16,20H,9-10,12H2,1H3. The van der Waals surface area contributed by atoms with Gasteiger partial charge in [-0.2, -0.15) is 5.26 Å². The first-order valence-electron chi connectivity index (χ1n) is 7.14. The lowest BCUT2D eigenvalue weighted by molar-refractivity contribution is 0.182. The molecule has 2 aromatic rings. The maximum Gasteiger partial charge on any atom is 0.161 e. The molecule has 22 heavy (non-hydrogen) atoms. The van der Waals surface area contributed by atoms with Crippen molar-refractivity contribution in [2.75, 3.05) is 13.7 Å². The number of methoxy groups -OCH3 is 1. The third-order valence-corrected chi connectivity index (χ3v) is 3.35. The molecular weight excluding hydrogens is 278 g/mol. The molecule has 1 N–H and O–H groups in total. The molecule has 0 saturated heterocycles. The van der Waals surface area contributed by atoms with Crippen molar-refractivity contribution in [1.82, 2.24) is 0 Å². The van der Waals surface area contributed by atoms with Gasteiger partial charge in [0, 0.05) is 6.42 Å². The first-order chi connectivity index (χ1) is 10.7. The van der Waals surface area contributed by atoms with Gasteiger partial charge in [-0.3, -0.25) is 0 Å². The Hall–Kier alpha value is -2.51. The predicted molar refractivity (Wildman–Crippen MR) is 83.8 cm³/mol. The molecular formula is C18H19NO3. The number of ether oxygens (including phenoxy) is 2. The molecule has 1 atom stereocenters. The highest BCUT2D eigenvalue weighted by Crippen LogP contribution is 2.31. The first kappa shape index (κ1) is 15.9. The maximum atomic E-state index is 9.89. The van der Waals surface area contributed by atoms with E-state index in [2.05, 4.69) is 0 Å². The van der Waals surface area contributed by atoms with Crippen molar-refractivity contribution in [3.8, 4) is 17.6 Å².